The van der Waals surface area contributed by atoms with Gasteiger partial charge in [-0.25, -0.2) is 0 Å². The SMILES string of the molecule is CC.CC#CCC(C)C/C=C/C1CCCC1.CC(C)O.COc1ccccc1CCCC(=O)O. The first-order valence-corrected chi connectivity index (χ1v) is 12.9. The first kappa shape index (κ1) is 33.9. The van der Waals surface area contributed by atoms with Gasteiger partial charge in [0.15, 0.2) is 0 Å². The molecule has 1 aromatic rings. The van der Waals surface area contributed by atoms with Crippen LogP contribution in [0, 0.1) is 23.7 Å². The molecule has 1 fully saturated rings. The molecule has 0 aliphatic heterocycles. The Kier molecular flexibility index (Phi) is 23.8. The van der Waals surface area contributed by atoms with E-state index in [1.54, 1.807) is 21.0 Å². The summed E-state index contributed by atoms with van der Waals surface area (Å²) in [5.74, 6) is 7.79. The van der Waals surface area contributed by atoms with Crippen LogP contribution in [0.3, 0.4) is 0 Å². The molecule has 0 amide bonds. The molecule has 4 heteroatoms. The minimum absolute atomic E-state index is 0.167. The van der Waals surface area contributed by atoms with Crippen molar-refractivity contribution in [2.75, 3.05) is 7.11 Å². The zero-order valence-electron chi connectivity index (χ0n) is 22.8. The molecule has 194 valence electrons. The Balaban J connectivity index is 0. The summed E-state index contributed by atoms with van der Waals surface area (Å²) in [7, 11) is 1.62. The molecule has 1 unspecified atom stereocenters. The van der Waals surface area contributed by atoms with Gasteiger partial charge in [-0.05, 0) is 76.3 Å². The molecule has 1 aromatic carbocycles. The molecular weight excluding hydrogens is 424 g/mol. The lowest BCUT2D eigenvalue weighted by molar-refractivity contribution is -0.137. The Morgan fingerprint density at radius 2 is 1.76 bits per heavy atom. The van der Waals surface area contributed by atoms with E-state index in [0.717, 1.165) is 36.0 Å². The molecule has 0 bridgehead atoms. The van der Waals surface area contributed by atoms with Crippen LogP contribution in [0.2, 0.25) is 0 Å². The van der Waals surface area contributed by atoms with E-state index in [4.69, 9.17) is 14.9 Å². The van der Waals surface area contributed by atoms with Gasteiger partial charge in [0.1, 0.15) is 5.75 Å². The van der Waals surface area contributed by atoms with E-state index in [2.05, 4.69) is 30.9 Å². The van der Waals surface area contributed by atoms with Gasteiger partial charge < -0.3 is 14.9 Å². The van der Waals surface area contributed by atoms with Crippen molar-refractivity contribution in [1.82, 2.24) is 0 Å². The Morgan fingerprint density at radius 1 is 1.18 bits per heavy atom. The lowest BCUT2D eigenvalue weighted by atomic mass is 10.0. The first-order valence-electron chi connectivity index (χ1n) is 12.9. The molecule has 0 radical (unpaired) electrons. The van der Waals surface area contributed by atoms with Gasteiger partial charge in [-0.1, -0.05) is 64.0 Å². The Bertz CT molecular complexity index is 688. The number of aliphatic carboxylic acids is 1. The van der Waals surface area contributed by atoms with Crippen molar-refractivity contribution in [3.63, 3.8) is 0 Å². The highest BCUT2D eigenvalue weighted by Gasteiger charge is 2.10. The van der Waals surface area contributed by atoms with Gasteiger partial charge in [-0.3, -0.25) is 4.79 Å². The smallest absolute Gasteiger partial charge is 0.303 e. The number of carboxylic acids is 1. The summed E-state index contributed by atoms with van der Waals surface area (Å²) in [5.41, 5.74) is 1.07. The number of para-hydroxylation sites is 1. The molecule has 2 N–H and O–H groups in total. The Labute approximate surface area is 209 Å². The molecule has 1 atom stereocenters. The van der Waals surface area contributed by atoms with Gasteiger partial charge in [-0.2, -0.15) is 0 Å². The van der Waals surface area contributed by atoms with Crippen LogP contribution in [0.15, 0.2) is 36.4 Å². The number of hydrogen-bond acceptors (Lipinski definition) is 3. The number of hydrogen-bond donors (Lipinski definition) is 2. The monoisotopic (exact) mass is 474 g/mol. The van der Waals surface area contributed by atoms with Crippen molar-refractivity contribution in [3.05, 3.63) is 42.0 Å². The third-order valence-corrected chi connectivity index (χ3v) is 5.00. The summed E-state index contributed by atoms with van der Waals surface area (Å²) in [6, 6.07) is 7.68. The van der Waals surface area contributed by atoms with E-state index in [1.165, 1.54) is 32.1 Å². The lowest BCUT2D eigenvalue weighted by Gasteiger charge is -2.06. The van der Waals surface area contributed by atoms with Crippen molar-refractivity contribution in [2.24, 2.45) is 11.8 Å². The quantitative estimate of drug-likeness (QED) is 0.284. The Hall–Kier alpha value is -2.25. The summed E-state index contributed by atoms with van der Waals surface area (Å²) >= 11 is 0. The minimum atomic E-state index is -0.750. The molecule has 1 saturated carbocycles. The largest absolute Gasteiger partial charge is 0.496 e. The van der Waals surface area contributed by atoms with Crippen molar-refractivity contribution < 1.29 is 19.7 Å². The number of aryl methyl sites for hydroxylation is 1. The molecule has 1 aliphatic carbocycles. The number of ether oxygens (including phenoxy) is 1. The predicted molar refractivity (Wildman–Crippen MR) is 145 cm³/mol. The number of carboxylic acid groups (broad SMARTS) is 1. The third-order valence-electron chi connectivity index (χ3n) is 5.00. The van der Waals surface area contributed by atoms with Crippen molar-refractivity contribution in [2.45, 2.75) is 105 Å². The summed E-state index contributed by atoms with van der Waals surface area (Å²) in [4.78, 5) is 10.3. The van der Waals surface area contributed by atoms with Crippen molar-refractivity contribution in [1.29, 1.82) is 0 Å². The van der Waals surface area contributed by atoms with Crippen LogP contribution in [0.4, 0.5) is 0 Å². The van der Waals surface area contributed by atoms with Gasteiger partial charge >= 0.3 is 5.97 Å². The highest BCUT2D eigenvalue weighted by Crippen LogP contribution is 2.26. The summed E-state index contributed by atoms with van der Waals surface area (Å²) < 4.78 is 5.16. The average Bonchev–Trinajstić information content (AvgIpc) is 3.33. The van der Waals surface area contributed by atoms with Gasteiger partial charge in [-0.15, -0.1) is 11.8 Å². The number of carbonyl (C=O) groups is 1. The fourth-order valence-corrected chi connectivity index (χ4v) is 3.35. The highest BCUT2D eigenvalue weighted by molar-refractivity contribution is 5.66. The maximum atomic E-state index is 10.3. The number of rotatable bonds is 9. The van der Waals surface area contributed by atoms with Gasteiger partial charge in [0, 0.05) is 18.9 Å². The standard InChI is InChI=1S/C14H22.C11H14O3.C3H8O.C2H6/c1-3-4-8-13(2)9-7-12-14-10-5-6-11-14;1-14-10-7-3-2-5-9(10)6-4-8-11(12)13;1-3(2)4;1-2/h7,12-14H,5-6,8-11H2,1-2H3;2-3,5,7H,4,6,8H2,1H3,(H,12,13);3-4H,1-2H3;1-2H3/b12-7+;;;. The topological polar surface area (TPSA) is 66.8 Å². The van der Waals surface area contributed by atoms with Gasteiger partial charge in [0.05, 0.1) is 7.11 Å². The summed E-state index contributed by atoms with van der Waals surface area (Å²) in [6.07, 6.45) is 14.2. The molecule has 4 nitrogen and oxygen atoms in total. The van der Waals surface area contributed by atoms with E-state index in [1.807, 2.05) is 45.0 Å². The molecule has 0 aromatic heterocycles. The van der Waals surface area contributed by atoms with Gasteiger partial charge in [0.2, 0.25) is 0 Å². The van der Waals surface area contributed by atoms with E-state index >= 15 is 0 Å². The summed E-state index contributed by atoms with van der Waals surface area (Å²) in [5, 5.41) is 16.5. The first-order chi connectivity index (χ1) is 16.3. The number of allylic oxidation sites excluding steroid dienone is 2. The normalized spacial score (nSPS) is 13.3. The van der Waals surface area contributed by atoms with E-state index < -0.39 is 5.97 Å². The molecule has 1 aliphatic rings. The lowest BCUT2D eigenvalue weighted by Crippen LogP contribution is -1.97. The van der Waals surface area contributed by atoms with Crippen LogP contribution in [0.5, 0.6) is 5.75 Å². The van der Waals surface area contributed by atoms with Crippen LogP contribution >= 0.6 is 0 Å². The van der Waals surface area contributed by atoms with E-state index in [0.29, 0.717) is 6.42 Å². The van der Waals surface area contributed by atoms with E-state index in [-0.39, 0.29) is 12.5 Å². The minimum Gasteiger partial charge on any atom is -0.496 e. The Morgan fingerprint density at radius 3 is 2.29 bits per heavy atom. The number of aliphatic hydroxyl groups is 1. The van der Waals surface area contributed by atoms with Gasteiger partial charge in [0.25, 0.3) is 0 Å². The predicted octanol–water partition coefficient (Wildman–Crippen LogP) is 7.69. The molecular formula is C30H50O4. The highest BCUT2D eigenvalue weighted by atomic mass is 16.5. The number of benzene rings is 1. The van der Waals surface area contributed by atoms with Crippen LogP contribution in [0.25, 0.3) is 0 Å². The number of aliphatic hydroxyl groups excluding tert-OH is 1. The second-order valence-corrected chi connectivity index (χ2v) is 8.60. The fourth-order valence-electron chi connectivity index (χ4n) is 3.35. The molecule has 0 saturated heterocycles. The van der Waals surface area contributed by atoms with Crippen molar-refractivity contribution in [3.8, 4) is 17.6 Å². The van der Waals surface area contributed by atoms with Crippen LogP contribution in [0.1, 0.15) is 98.5 Å². The maximum Gasteiger partial charge on any atom is 0.303 e. The molecule has 0 heterocycles. The zero-order chi connectivity index (χ0) is 26.2. The zero-order valence-corrected chi connectivity index (χ0v) is 22.8. The van der Waals surface area contributed by atoms with Crippen LogP contribution in [-0.2, 0) is 11.2 Å². The second kappa shape index (κ2) is 23.9. The van der Waals surface area contributed by atoms with E-state index in [9.17, 15) is 4.79 Å². The molecule has 34 heavy (non-hydrogen) atoms. The average molecular weight is 475 g/mol. The van der Waals surface area contributed by atoms with Crippen molar-refractivity contribution >= 4 is 5.97 Å². The maximum absolute atomic E-state index is 10.3. The third kappa shape index (κ3) is 21.6. The molecule has 2 rings (SSSR count). The number of methoxy groups -OCH3 is 1. The summed E-state index contributed by atoms with van der Waals surface area (Å²) in [6.45, 7) is 11.6. The second-order valence-electron chi connectivity index (χ2n) is 8.60. The molecule has 0 spiro atoms. The van der Waals surface area contributed by atoms with Crippen LogP contribution < -0.4 is 4.74 Å². The fraction of sp³-hybridized carbons (Fsp3) is 0.633. The van der Waals surface area contributed by atoms with Crippen LogP contribution in [-0.4, -0.2) is 29.4 Å².